The molecule has 0 aromatic heterocycles. The van der Waals surface area contributed by atoms with Crippen LogP contribution in [0.15, 0.2) is 36.4 Å². The highest BCUT2D eigenvalue weighted by atomic mass is 28.3. The van der Waals surface area contributed by atoms with Crippen molar-refractivity contribution in [1.82, 2.24) is 0 Å². The minimum absolute atomic E-state index is 1.32. The average Bonchev–Trinajstić information content (AvgIpc) is 2.73. The second-order valence-electron chi connectivity index (χ2n) is 8.18. The fraction of sp³-hybridized carbons (Fsp3) is 0.316. The Morgan fingerprint density at radius 1 is 0.667 bits per heavy atom. The van der Waals surface area contributed by atoms with E-state index in [1.165, 1.54) is 22.3 Å². The fourth-order valence-corrected chi connectivity index (χ4v) is 9.09. The molecular weight excluding hydrogens is 284 g/mol. The lowest BCUT2D eigenvalue weighted by molar-refractivity contribution is 1.55. The van der Waals surface area contributed by atoms with Crippen molar-refractivity contribution in [3.8, 4) is 11.1 Å². The van der Waals surface area contributed by atoms with E-state index in [1.54, 1.807) is 10.4 Å². The van der Waals surface area contributed by atoms with Crippen LogP contribution in [-0.2, 0) is 0 Å². The number of benzene rings is 2. The highest BCUT2D eigenvalue weighted by molar-refractivity contribution is 6.98. The van der Waals surface area contributed by atoms with Gasteiger partial charge in [0.25, 0.3) is 0 Å². The number of hydrogen-bond donors (Lipinski definition) is 0. The molecule has 0 nitrogen and oxygen atoms in total. The van der Waals surface area contributed by atoms with Crippen LogP contribution >= 0.6 is 0 Å². The van der Waals surface area contributed by atoms with Gasteiger partial charge in [-0.3, -0.25) is 0 Å². The largest absolute Gasteiger partial charge is 0.0778 e. The molecule has 2 heteroatoms. The third kappa shape index (κ3) is 2.45. The topological polar surface area (TPSA) is 0 Å². The van der Waals surface area contributed by atoms with Gasteiger partial charge in [-0.05, 0) is 22.3 Å². The first kappa shape index (κ1) is 14.8. The van der Waals surface area contributed by atoms with E-state index in [1.807, 2.05) is 0 Å². The van der Waals surface area contributed by atoms with Crippen molar-refractivity contribution in [3.05, 3.63) is 53.9 Å². The molecule has 3 rings (SSSR count). The summed E-state index contributed by atoms with van der Waals surface area (Å²) in [5.74, 6) is 0. The van der Waals surface area contributed by atoms with Crippen LogP contribution < -0.4 is 10.4 Å². The van der Waals surface area contributed by atoms with Crippen LogP contribution in [0.4, 0.5) is 0 Å². The van der Waals surface area contributed by atoms with Gasteiger partial charge in [0.15, 0.2) is 0 Å². The van der Waals surface area contributed by atoms with Crippen LogP contribution in [0, 0.1) is 6.42 Å². The molecule has 0 saturated heterocycles. The molecular formula is C19H25Si2. The molecule has 109 valence electrons. The molecule has 0 N–H and O–H groups in total. The summed E-state index contributed by atoms with van der Waals surface area (Å²) >= 11 is 0. The average molecular weight is 310 g/mol. The first-order chi connectivity index (χ1) is 9.69. The van der Waals surface area contributed by atoms with E-state index in [9.17, 15) is 0 Å². The van der Waals surface area contributed by atoms with Crippen molar-refractivity contribution in [2.45, 2.75) is 39.3 Å². The summed E-state index contributed by atoms with van der Waals surface area (Å²) in [6.45, 7) is 14.9. The summed E-state index contributed by atoms with van der Waals surface area (Å²) in [5, 5.41) is 3.37. The SMILES string of the molecule is C[Si](C)(C)c1ccc2c(c1[Si](C)(C)C)[CH]c1ccccc1-2. The van der Waals surface area contributed by atoms with E-state index in [-0.39, 0.29) is 0 Å². The van der Waals surface area contributed by atoms with Crippen molar-refractivity contribution < 1.29 is 0 Å². The lowest BCUT2D eigenvalue weighted by Crippen LogP contribution is -2.57. The molecule has 1 aliphatic rings. The minimum atomic E-state index is -1.38. The first-order valence-electron chi connectivity index (χ1n) is 7.82. The number of rotatable bonds is 2. The van der Waals surface area contributed by atoms with Crippen molar-refractivity contribution in [2.75, 3.05) is 0 Å². The molecule has 0 amide bonds. The second-order valence-corrected chi connectivity index (χ2v) is 18.2. The lowest BCUT2D eigenvalue weighted by atomic mass is 10.1. The van der Waals surface area contributed by atoms with Crippen LogP contribution in [0.1, 0.15) is 11.1 Å². The zero-order valence-corrected chi connectivity index (χ0v) is 16.0. The molecule has 2 aromatic rings. The van der Waals surface area contributed by atoms with Gasteiger partial charge in [0.2, 0.25) is 0 Å². The molecule has 0 heterocycles. The summed E-state index contributed by atoms with van der Waals surface area (Å²) in [6, 6.07) is 13.6. The monoisotopic (exact) mass is 309 g/mol. The molecule has 0 bridgehead atoms. The fourth-order valence-electron chi connectivity index (χ4n) is 3.46. The summed E-state index contributed by atoms with van der Waals surface area (Å²) in [6.07, 6.45) is 2.43. The number of hydrogen-bond acceptors (Lipinski definition) is 0. The summed E-state index contributed by atoms with van der Waals surface area (Å²) in [7, 11) is -2.70. The van der Waals surface area contributed by atoms with Crippen LogP contribution in [-0.4, -0.2) is 16.1 Å². The Balaban J connectivity index is 2.31. The highest BCUT2D eigenvalue weighted by Gasteiger charge is 2.33. The molecule has 0 spiro atoms. The van der Waals surface area contributed by atoms with Gasteiger partial charge in [0.1, 0.15) is 0 Å². The Morgan fingerprint density at radius 2 is 1.33 bits per heavy atom. The van der Waals surface area contributed by atoms with Gasteiger partial charge in [-0.2, -0.15) is 0 Å². The molecule has 1 aliphatic carbocycles. The summed E-state index contributed by atoms with van der Waals surface area (Å²) < 4.78 is 0. The zero-order valence-electron chi connectivity index (χ0n) is 14.0. The van der Waals surface area contributed by atoms with Gasteiger partial charge in [-0.1, -0.05) is 86.1 Å². The van der Waals surface area contributed by atoms with Gasteiger partial charge in [0.05, 0.1) is 16.1 Å². The van der Waals surface area contributed by atoms with Crippen molar-refractivity contribution in [1.29, 1.82) is 0 Å². The smallest absolute Gasteiger partial charge is 0.0656 e. The van der Waals surface area contributed by atoms with E-state index in [4.69, 9.17) is 0 Å². The summed E-state index contributed by atoms with van der Waals surface area (Å²) in [5.41, 5.74) is 5.77. The molecule has 0 aliphatic heterocycles. The van der Waals surface area contributed by atoms with Crippen molar-refractivity contribution in [2.24, 2.45) is 0 Å². The molecule has 2 aromatic carbocycles. The molecule has 0 unspecified atom stereocenters. The van der Waals surface area contributed by atoms with Gasteiger partial charge >= 0.3 is 0 Å². The Morgan fingerprint density at radius 3 is 1.95 bits per heavy atom. The van der Waals surface area contributed by atoms with Crippen LogP contribution in [0.25, 0.3) is 11.1 Å². The third-order valence-corrected chi connectivity index (χ3v) is 8.68. The number of fused-ring (bicyclic) bond motifs is 3. The zero-order chi connectivity index (χ0) is 15.4. The van der Waals surface area contributed by atoms with E-state index < -0.39 is 16.1 Å². The van der Waals surface area contributed by atoms with Crippen molar-refractivity contribution >= 4 is 26.5 Å². The van der Waals surface area contributed by atoms with Crippen LogP contribution in [0.5, 0.6) is 0 Å². The normalized spacial score (nSPS) is 14.0. The summed E-state index contributed by atoms with van der Waals surface area (Å²) in [4.78, 5) is 0. The van der Waals surface area contributed by atoms with E-state index in [2.05, 4.69) is 82.1 Å². The van der Waals surface area contributed by atoms with E-state index in [0.717, 1.165) is 0 Å². The molecule has 0 fully saturated rings. The maximum absolute atomic E-state index is 2.49. The quantitative estimate of drug-likeness (QED) is 0.617. The van der Waals surface area contributed by atoms with Gasteiger partial charge in [-0.15, -0.1) is 0 Å². The molecule has 21 heavy (non-hydrogen) atoms. The van der Waals surface area contributed by atoms with Crippen LogP contribution in [0.2, 0.25) is 39.3 Å². The van der Waals surface area contributed by atoms with Gasteiger partial charge in [0, 0.05) is 6.42 Å². The molecule has 1 radical (unpaired) electrons. The van der Waals surface area contributed by atoms with E-state index >= 15 is 0 Å². The van der Waals surface area contributed by atoms with Gasteiger partial charge in [-0.25, -0.2) is 0 Å². The standard InChI is InChI=1S/C19H25Si2/c1-20(2,3)18-12-11-16-15-10-8-7-9-14(15)13-17(16)19(18)21(4,5)6/h7-13H,1-6H3. The maximum Gasteiger partial charge on any atom is 0.0778 e. The van der Waals surface area contributed by atoms with Gasteiger partial charge < -0.3 is 0 Å². The highest BCUT2D eigenvalue weighted by Crippen LogP contribution is 2.37. The predicted octanol–water partition coefficient (Wildman–Crippen LogP) is 4.36. The predicted molar refractivity (Wildman–Crippen MR) is 100 cm³/mol. The Labute approximate surface area is 131 Å². The molecule has 0 atom stereocenters. The second kappa shape index (κ2) is 4.69. The Kier molecular flexibility index (Phi) is 3.30. The van der Waals surface area contributed by atoms with Crippen LogP contribution in [0.3, 0.4) is 0 Å². The Hall–Kier alpha value is -1.13. The maximum atomic E-state index is 2.49. The molecule has 0 saturated carbocycles. The minimum Gasteiger partial charge on any atom is -0.0656 e. The third-order valence-electron chi connectivity index (χ3n) is 4.35. The van der Waals surface area contributed by atoms with E-state index in [0.29, 0.717) is 0 Å². The first-order valence-corrected chi connectivity index (χ1v) is 14.8. The lowest BCUT2D eigenvalue weighted by Gasteiger charge is -2.30. The Bertz CT molecular complexity index is 700. The van der Waals surface area contributed by atoms with Crippen molar-refractivity contribution in [3.63, 3.8) is 0 Å².